The highest BCUT2D eigenvalue weighted by Crippen LogP contribution is 2.42. The molecule has 94 valence electrons. The molecule has 1 rings (SSSR count). The highest BCUT2D eigenvalue weighted by atomic mass is 35.5. The van der Waals surface area contributed by atoms with Crippen molar-refractivity contribution in [3.8, 4) is 11.5 Å². The fourth-order valence-electron chi connectivity index (χ4n) is 1.47. The Hall–Kier alpha value is -1.13. The average Bonchev–Trinajstić information content (AvgIpc) is 2.26. The lowest BCUT2D eigenvalue weighted by atomic mass is 10.1. The summed E-state index contributed by atoms with van der Waals surface area (Å²) in [4.78, 5) is 10.5. The van der Waals surface area contributed by atoms with E-state index < -0.39 is 5.97 Å². The van der Waals surface area contributed by atoms with Gasteiger partial charge in [0, 0.05) is 6.42 Å². The normalized spacial score (nSPS) is 10.1. The standard InChI is InChI=1S/C11H12Cl2O4/c1-16-10-6(3-4-8(14)15)5-7(12)11(17-2)9(10)13/h5H,3-4H2,1-2H3,(H,14,15). The Bertz CT molecular complexity index is 432. The summed E-state index contributed by atoms with van der Waals surface area (Å²) in [5.41, 5.74) is 0.644. The van der Waals surface area contributed by atoms with Crippen molar-refractivity contribution in [3.05, 3.63) is 21.7 Å². The molecule has 0 fully saturated rings. The summed E-state index contributed by atoms with van der Waals surface area (Å²) in [6.07, 6.45) is 0.275. The Kier molecular flexibility index (Phi) is 4.90. The van der Waals surface area contributed by atoms with Crippen LogP contribution in [0.25, 0.3) is 0 Å². The zero-order valence-electron chi connectivity index (χ0n) is 9.42. The fraction of sp³-hybridized carbons (Fsp3) is 0.364. The van der Waals surface area contributed by atoms with Gasteiger partial charge in [0.1, 0.15) is 10.8 Å². The van der Waals surface area contributed by atoms with E-state index in [-0.39, 0.29) is 11.4 Å². The largest absolute Gasteiger partial charge is 0.495 e. The molecule has 17 heavy (non-hydrogen) atoms. The van der Waals surface area contributed by atoms with Crippen molar-refractivity contribution in [2.45, 2.75) is 12.8 Å². The maximum Gasteiger partial charge on any atom is 0.303 e. The monoisotopic (exact) mass is 278 g/mol. The first-order valence-corrected chi connectivity index (χ1v) is 5.57. The van der Waals surface area contributed by atoms with E-state index in [1.54, 1.807) is 6.07 Å². The minimum Gasteiger partial charge on any atom is -0.495 e. The molecule has 0 radical (unpaired) electrons. The fourth-order valence-corrected chi connectivity index (χ4v) is 2.20. The first kappa shape index (κ1) is 13.9. The van der Waals surface area contributed by atoms with Crippen molar-refractivity contribution in [3.63, 3.8) is 0 Å². The molecular formula is C11H12Cl2O4. The molecule has 0 spiro atoms. The number of carbonyl (C=O) groups is 1. The van der Waals surface area contributed by atoms with Crippen molar-refractivity contribution in [2.75, 3.05) is 14.2 Å². The second-order valence-corrected chi connectivity index (χ2v) is 4.08. The molecule has 0 aliphatic heterocycles. The number of carboxylic acid groups (broad SMARTS) is 1. The number of rotatable bonds is 5. The van der Waals surface area contributed by atoms with E-state index in [1.807, 2.05) is 0 Å². The summed E-state index contributed by atoms with van der Waals surface area (Å²) in [5, 5.41) is 9.23. The molecule has 1 aromatic carbocycles. The molecule has 0 aliphatic carbocycles. The summed E-state index contributed by atoms with van der Waals surface area (Å²) in [6.45, 7) is 0. The van der Waals surface area contributed by atoms with E-state index >= 15 is 0 Å². The predicted molar refractivity (Wildman–Crippen MR) is 65.5 cm³/mol. The number of methoxy groups -OCH3 is 2. The van der Waals surface area contributed by atoms with Gasteiger partial charge in [-0.1, -0.05) is 23.2 Å². The van der Waals surface area contributed by atoms with Crippen LogP contribution in [-0.4, -0.2) is 25.3 Å². The molecule has 1 aromatic rings. The highest BCUT2D eigenvalue weighted by molar-refractivity contribution is 6.38. The molecular weight excluding hydrogens is 267 g/mol. The molecule has 1 N–H and O–H groups in total. The predicted octanol–water partition coefficient (Wildman–Crippen LogP) is 3.03. The maximum atomic E-state index is 10.5. The zero-order valence-corrected chi connectivity index (χ0v) is 10.9. The molecule has 0 saturated carbocycles. The molecule has 4 nitrogen and oxygen atoms in total. The van der Waals surface area contributed by atoms with Gasteiger partial charge >= 0.3 is 5.97 Å². The Morgan fingerprint density at radius 2 is 1.88 bits per heavy atom. The second-order valence-electron chi connectivity index (χ2n) is 3.29. The molecule has 0 aromatic heterocycles. The SMILES string of the molecule is COc1c(Cl)cc(CCC(=O)O)c(OC)c1Cl. The lowest BCUT2D eigenvalue weighted by Gasteiger charge is -2.14. The smallest absolute Gasteiger partial charge is 0.303 e. The van der Waals surface area contributed by atoms with Crippen LogP contribution in [0.3, 0.4) is 0 Å². The van der Waals surface area contributed by atoms with Gasteiger partial charge in [-0.15, -0.1) is 0 Å². The van der Waals surface area contributed by atoms with Gasteiger partial charge in [0.15, 0.2) is 5.75 Å². The number of halogens is 2. The molecule has 0 bridgehead atoms. The number of hydrogen-bond acceptors (Lipinski definition) is 3. The number of benzene rings is 1. The van der Waals surface area contributed by atoms with E-state index in [0.717, 1.165) is 0 Å². The van der Waals surface area contributed by atoms with Crippen LogP contribution in [0.2, 0.25) is 10.0 Å². The summed E-state index contributed by atoms with van der Waals surface area (Å²) in [5.74, 6) is -0.173. The van der Waals surface area contributed by atoms with E-state index in [1.165, 1.54) is 14.2 Å². The van der Waals surface area contributed by atoms with Crippen LogP contribution in [0.5, 0.6) is 11.5 Å². The molecule has 0 unspecified atom stereocenters. The van der Waals surface area contributed by atoms with Crippen molar-refractivity contribution in [2.24, 2.45) is 0 Å². The van der Waals surface area contributed by atoms with Crippen LogP contribution in [0, 0.1) is 0 Å². The highest BCUT2D eigenvalue weighted by Gasteiger charge is 2.17. The lowest BCUT2D eigenvalue weighted by Crippen LogP contribution is -2.01. The number of hydrogen-bond donors (Lipinski definition) is 1. The minimum absolute atomic E-state index is 0.0185. The van der Waals surface area contributed by atoms with E-state index in [4.69, 9.17) is 37.8 Å². The van der Waals surface area contributed by atoms with Gasteiger partial charge in [-0.05, 0) is 18.1 Å². The van der Waals surface area contributed by atoms with Gasteiger partial charge in [0.05, 0.1) is 19.2 Å². The Morgan fingerprint density at radius 3 is 2.35 bits per heavy atom. The maximum absolute atomic E-state index is 10.5. The van der Waals surface area contributed by atoms with Gasteiger partial charge in [0.2, 0.25) is 0 Å². The Labute approximate surface area is 109 Å². The third kappa shape index (κ3) is 3.17. The third-order valence-electron chi connectivity index (χ3n) is 2.22. The number of aliphatic carboxylic acids is 1. The molecule has 0 amide bonds. The zero-order chi connectivity index (χ0) is 13.0. The van der Waals surface area contributed by atoms with Crippen LogP contribution in [0.4, 0.5) is 0 Å². The first-order chi connectivity index (χ1) is 8.01. The molecule has 0 atom stereocenters. The average molecular weight is 279 g/mol. The number of aryl methyl sites for hydroxylation is 1. The molecule has 0 aliphatic rings. The van der Waals surface area contributed by atoms with Crippen LogP contribution < -0.4 is 9.47 Å². The topological polar surface area (TPSA) is 55.8 Å². The summed E-state index contributed by atoms with van der Waals surface area (Å²) in [6, 6.07) is 1.61. The van der Waals surface area contributed by atoms with Crippen molar-refractivity contribution >= 4 is 29.2 Å². The van der Waals surface area contributed by atoms with Crippen LogP contribution >= 0.6 is 23.2 Å². The van der Waals surface area contributed by atoms with Crippen LogP contribution in [0.15, 0.2) is 6.07 Å². The summed E-state index contributed by atoms with van der Waals surface area (Å²) in [7, 11) is 2.91. The van der Waals surface area contributed by atoms with Crippen molar-refractivity contribution in [1.82, 2.24) is 0 Å². The Balaban J connectivity index is 3.17. The molecule has 6 heteroatoms. The Morgan fingerprint density at radius 1 is 1.29 bits per heavy atom. The number of carboxylic acids is 1. The third-order valence-corrected chi connectivity index (χ3v) is 2.85. The quantitative estimate of drug-likeness (QED) is 0.900. The van der Waals surface area contributed by atoms with Gasteiger partial charge in [-0.25, -0.2) is 0 Å². The summed E-state index contributed by atoms with van der Waals surface area (Å²) >= 11 is 12.0. The first-order valence-electron chi connectivity index (χ1n) is 4.81. The van der Waals surface area contributed by atoms with E-state index in [2.05, 4.69) is 0 Å². The van der Waals surface area contributed by atoms with Crippen LogP contribution in [-0.2, 0) is 11.2 Å². The number of ether oxygens (including phenoxy) is 2. The second kappa shape index (κ2) is 5.98. The van der Waals surface area contributed by atoms with E-state index in [0.29, 0.717) is 28.5 Å². The van der Waals surface area contributed by atoms with Gasteiger partial charge in [-0.2, -0.15) is 0 Å². The van der Waals surface area contributed by atoms with Gasteiger partial charge < -0.3 is 14.6 Å². The summed E-state index contributed by atoms with van der Waals surface area (Å²) < 4.78 is 10.2. The van der Waals surface area contributed by atoms with Gasteiger partial charge in [-0.3, -0.25) is 4.79 Å². The molecule has 0 heterocycles. The van der Waals surface area contributed by atoms with Gasteiger partial charge in [0.25, 0.3) is 0 Å². The van der Waals surface area contributed by atoms with Crippen molar-refractivity contribution in [1.29, 1.82) is 0 Å². The van der Waals surface area contributed by atoms with Crippen LogP contribution in [0.1, 0.15) is 12.0 Å². The lowest BCUT2D eigenvalue weighted by molar-refractivity contribution is -0.136. The van der Waals surface area contributed by atoms with Crippen molar-refractivity contribution < 1.29 is 19.4 Å². The minimum atomic E-state index is -0.893. The molecule has 0 saturated heterocycles. The van der Waals surface area contributed by atoms with E-state index in [9.17, 15) is 4.79 Å².